The lowest BCUT2D eigenvalue weighted by Gasteiger charge is -2.28. The molecule has 3 aromatic carbocycles. The summed E-state index contributed by atoms with van der Waals surface area (Å²) in [5.41, 5.74) is 9.34. The minimum atomic E-state index is -1.15. The maximum absolute atomic E-state index is 11.8. The van der Waals surface area contributed by atoms with Crippen LogP contribution in [0.5, 0.6) is 0 Å². The Kier molecular flexibility index (Phi) is 5.63. The summed E-state index contributed by atoms with van der Waals surface area (Å²) < 4.78 is 0. The average Bonchev–Trinajstić information content (AvgIpc) is 3.11. The quantitative estimate of drug-likeness (QED) is 0.277. The van der Waals surface area contributed by atoms with E-state index >= 15 is 0 Å². The number of fused-ring (bicyclic) bond motifs is 1. The van der Waals surface area contributed by atoms with Gasteiger partial charge in [-0.25, -0.2) is 4.79 Å². The van der Waals surface area contributed by atoms with Gasteiger partial charge in [-0.15, -0.1) is 0 Å². The monoisotopic (exact) mass is 455 g/mol. The summed E-state index contributed by atoms with van der Waals surface area (Å²) in [5.74, 6) is -1.55. The van der Waals surface area contributed by atoms with Gasteiger partial charge in [0.2, 0.25) is 0 Å². The zero-order chi connectivity index (χ0) is 22.1. The molecule has 0 aliphatic carbocycles. The lowest BCUT2D eigenvalue weighted by atomic mass is 10.0. The van der Waals surface area contributed by atoms with Crippen LogP contribution < -0.4 is 21.3 Å². The van der Waals surface area contributed by atoms with Crippen molar-refractivity contribution in [3.8, 4) is 0 Å². The number of hydrogen-bond donors (Lipinski definition) is 5. The van der Waals surface area contributed by atoms with Crippen LogP contribution in [0.25, 0.3) is 0 Å². The topological polar surface area (TPSA) is 114 Å². The number of rotatable bonds is 5. The first-order valence-electron chi connectivity index (χ1n) is 9.37. The van der Waals surface area contributed by atoms with Crippen LogP contribution in [0, 0.1) is 5.41 Å². The van der Waals surface area contributed by atoms with Crippen molar-refractivity contribution in [2.75, 3.05) is 10.2 Å². The van der Waals surface area contributed by atoms with Crippen LogP contribution in [0.2, 0.25) is 10.0 Å². The predicted octanol–water partition coefficient (Wildman–Crippen LogP) is 4.86. The van der Waals surface area contributed by atoms with Crippen LogP contribution in [-0.2, 0) is 4.79 Å². The summed E-state index contributed by atoms with van der Waals surface area (Å²) in [7, 11) is 0. The molecule has 1 aliphatic rings. The van der Waals surface area contributed by atoms with Crippen LogP contribution in [0.4, 0.5) is 17.1 Å². The Morgan fingerprint density at radius 2 is 1.68 bits per heavy atom. The van der Waals surface area contributed by atoms with Crippen molar-refractivity contribution in [2.45, 2.75) is 12.2 Å². The van der Waals surface area contributed by atoms with E-state index in [1.54, 1.807) is 24.3 Å². The molecule has 0 bridgehead atoms. The smallest absolute Gasteiger partial charge is 0.330 e. The number of nitrogens with zero attached hydrogens (tertiary/aromatic N) is 1. The number of anilines is 3. The summed E-state index contributed by atoms with van der Waals surface area (Å²) in [6, 6.07) is 19.1. The summed E-state index contributed by atoms with van der Waals surface area (Å²) >= 11 is 12.2. The van der Waals surface area contributed by atoms with Crippen molar-refractivity contribution in [1.29, 1.82) is 5.41 Å². The Bertz CT molecular complexity index is 1140. The van der Waals surface area contributed by atoms with Crippen molar-refractivity contribution in [2.24, 2.45) is 5.73 Å². The molecule has 0 amide bonds. The van der Waals surface area contributed by atoms with Gasteiger partial charge >= 0.3 is 5.97 Å². The normalized spacial score (nSPS) is 15.7. The number of carbonyl (C=O) groups is 1. The van der Waals surface area contributed by atoms with Crippen LogP contribution in [0.3, 0.4) is 0 Å². The Morgan fingerprint density at radius 1 is 1.06 bits per heavy atom. The molecule has 1 heterocycles. The summed E-state index contributed by atoms with van der Waals surface area (Å²) in [6.07, 6.45) is -0.243. The van der Waals surface area contributed by atoms with Gasteiger partial charge in [0, 0.05) is 15.7 Å². The summed E-state index contributed by atoms with van der Waals surface area (Å²) in [4.78, 5) is 13.8. The number of hydrogen-bond acceptors (Lipinski definition) is 4. The molecule has 0 aromatic heterocycles. The van der Waals surface area contributed by atoms with Crippen LogP contribution in [0.1, 0.15) is 23.3 Å². The fourth-order valence-corrected chi connectivity index (χ4v) is 3.86. The zero-order valence-electron chi connectivity index (χ0n) is 16.1. The number of aliphatic carboxylic acids is 1. The van der Waals surface area contributed by atoms with Gasteiger partial charge in [0.05, 0.1) is 11.4 Å². The van der Waals surface area contributed by atoms with Gasteiger partial charge in [-0.05, 0) is 59.7 Å². The minimum Gasteiger partial charge on any atom is -0.479 e. The average molecular weight is 456 g/mol. The molecule has 0 saturated carbocycles. The Hall–Kier alpha value is -3.42. The van der Waals surface area contributed by atoms with Crippen molar-refractivity contribution < 1.29 is 9.90 Å². The van der Waals surface area contributed by atoms with E-state index in [0.29, 0.717) is 15.6 Å². The highest BCUT2D eigenvalue weighted by molar-refractivity contribution is 6.30. The molecular formula is C22H19Cl2N5O2. The molecule has 158 valence electrons. The Balaban J connectivity index is 1.81. The van der Waals surface area contributed by atoms with E-state index < -0.39 is 18.0 Å². The Morgan fingerprint density at radius 3 is 2.26 bits per heavy atom. The first-order chi connectivity index (χ1) is 14.8. The lowest BCUT2D eigenvalue weighted by molar-refractivity contribution is -0.139. The van der Waals surface area contributed by atoms with Gasteiger partial charge in [-0.1, -0.05) is 41.4 Å². The number of nitrogens with two attached hydrogens (primary N) is 1. The third-order valence-electron chi connectivity index (χ3n) is 5.00. The van der Waals surface area contributed by atoms with E-state index in [1.807, 2.05) is 42.5 Å². The second-order valence-corrected chi connectivity index (χ2v) is 7.92. The number of halogens is 2. The molecule has 0 saturated heterocycles. The molecular weight excluding hydrogens is 437 g/mol. The first kappa shape index (κ1) is 20.8. The van der Waals surface area contributed by atoms with E-state index in [0.717, 1.165) is 22.6 Å². The standard InChI is InChI=1S/C22H19Cl2N5O2/c23-14-4-1-12(2-5-14)20-27-17-10-3-13(19(21(30)31)28-22(25)26)11-18(17)29(20)16-8-6-15(24)7-9-16/h1-11,19-20,27H,(H,30,31)(H4,25,26,28). The van der Waals surface area contributed by atoms with Gasteiger partial charge < -0.3 is 26.4 Å². The van der Waals surface area contributed by atoms with Crippen molar-refractivity contribution in [3.63, 3.8) is 0 Å². The van der Waals surface area contributed by atoms with Crippen LogP contribution >= 0.6 is 23.2 Å². The molecule has 4 rings (SSSR count). The summed E-state index contributed by atoms with van der Waals surface area (Å²) in [6.45, 7) is 0. The van der Waals surface area contributed by atoms with Gasteiger partial charge in [-0.3, -0.25) is 5.41 Å². The molecule has 2 unspecified atom stereocenters. The second kappa shape index (κ2) is 8.37. The lowest BCUT2D eigenvalue weighted by Crippen LogP contribution is -2.37. The van der Waals surface area contributed by atoms with E-state index in [9.17, 15) is 9.90 Å². The van der Waals surface area contributed by atoms with Crippen LogP contribution in [-0.4, -0.2) is 17.0 Å². The Labute approximate surface area is 188 Å². The largest absolute Gasteiger partial charge is 0.479 e. The number of benzene rings is 3. The fourth-order valence-electron chi connectivity index (χ4n) is 3.61. The SMILES string of the molecule is N=C(N)NC(C(=O)O)c1ccc2c(c1)N(c1ccc(Cl)cc1)C(c1ccc(Cl)cc1)N2. The number of carboxylic acids is 1. The predicted molar refractivity (Wildman–Crippen MR) is 123 cm³/mol. The minimum absolute atomic E-state index is 0.243. The molecule has 2 atom stereocenters. The maximum atomic E-state index is 11.8. The molecule has 0 radical (unpaired) electrons. The van der Waals surface area contributed by atoms with E-state index in [2.05, 4.69) is 15.5 Å². The third-order valence-corrected chi connectivity index (χ3v) is 5.51. The molecule has 9 heteroatoms. The van der Waals surface area contributed by atoms with E-state index in [-0.39, 0.29) is 6.17 Å². The van der Waals surface area contributed by atoms with Gasteiger partial charge in [0.25, 0.3) is 0 Å². The van der Waals surface area contributed by atoms with Crippen molar-refractivity contribution in [1.82, 2.24) is 5.32 Å². The number of guanidine groups is 1. The fraction of sp³-hybridized carbons (Fsp3) is 0.0909. The van der Waals surface area contributed by atoms with Gasteiger partial charge in [-0.2, -0.15) is 0 Å². The van der Waals surface area contributed by atoms with E-state index in [4.69, 9.17) is 34.3 Å². The highest BCUT2D eigenvalue weighted by Gasteiger charge is 2.33. The van der Waals surface area contributed by atoms with Gasteiger partial charge in [0.1, 0.15) is 6.17 Å². The van der Waals surface area contributed by atoms with Gasteiger partial charge in [0.15, 0.2) is 12.0 Å². The first-order valence-corrected chi connectivity index (χ1v) is 10.1. The molecule has 31 heavy (non-hydrogen) atoms. The molecule has 3 aromatic rings. The molecule has 6 N–H and O–H groups in total. The molecule has 0 fully saturated rings. The van der Waals surface area contributed by atoms with Crippen LogP contribution in [0.15, 0.2) is 66.7 Å². The van der Waals surface area contributed by atoms with Crippen molar-refractivity contribution >= 4 is 52.2 Å². The highest BCUT2D eigenvalue weighted by atomic mass is 35.5. The number of carboxylic acid groups (broad SMARTS) is 1. The third kappa shape index (κ3) is 4.23. The zero-order valence-corrected chi connectivity index (χ0v) is 17.7. The molecule has 1 aliphatic heterocycles. The summed E-state index contributed by atoms with van der Waals surface area (Å²) in [5, 5.41) is 24.3. The highest BCUT2D eigenvalue weighted by Crippen LogP contribution is 2.47. The second-order valence-electron chi connectivity index (χ2n) is 7.05. The van der Waals surface area contributed by atoms with Crippen molar-refractivity contribution in [3.05, 3.63) is 87.9 Å². The van der Waals surface area contributed by atoms with E-state index in [1.165, 1.54) is 0 Å². The molecule has 7 nitrogen and oxygen atoms in total. The number of nitrogens with one attached hydrogen (secondary N) is 3. The molecule has 0 spiro atoms. The maximum Gasteiger partial charge on any atom is 0.330 e.